The molecule has 3 amide bonds. The summed E-state index contributed by atoms with van der Waals surface area (Å²) in [5.41, 5.74) is 3.56. The molecule has 35 heavy (non-hydrogen) atoms. The Bertz CT molecular complexity index is 1190. The minimum absolute atomic E-state index is 0.0944. The van der Waals surface area contributed by atoms with E-state index < -0.39 is 5.92 Å². The number of carbonyl (C=O) groups excluding carboxylic acids is 3. The van der Waals surface area contributed by atoms with Crippen LogP contribution in [0.4, 0.5) is 11.4 Å². The molecule has 1 aliphatic heterocycles. The highest BCUT2D eigenvalue weighted by molar-refractivity contribution is 9.10. The summed E-state index contributed by atoms with van der Waals surface area (Å²) in [6.07, 6.45) is 0.175. The Morgan fingerprint density at radius 3 is 2.37 bits per heavy atom. The number of hydrogen-bond donors (Lipinski definition) is 2. The van der Waals surface area contributed by atoms with Crippen molar-refractivity contribution in [2.45, 2.75) is 19.9 Å². The SMILES string of the molecule is Cc1ccc(CNC(=O)[C@@H]2CC(=O)N(c3ccc(OCC(=O)Nc4ccc(Br)cc4)cc3)C2)cc1. The number of nitrogens with zero attached hydrogens (tertiary/aromatic N) is 1. The van der Waals surface area contributed by atoms with E-state index in [1.54, 1.807) is 41.3 Å². The molecule has 4 rings (SSSR count). The van der Waals surface area contributed by atoms with Gasteiger partial charge in [0, 0.05) is 35.4 Å². The van der Waals surface area contributed by atoms with E-state index in [4.69, 9.17) is 4.74 Å². The average molecular weight is 536 g/mol. The summed E-state index contributed by atoms with van der Waals surface area (Å²) >= 11 is 3.35. The van der Waals surface area contributed by atoms with E-state index in [1.165, 1.54) is 0 Å². The molecule has 180 valence electrons. The van der Waals surface area contributed by atoms with Gasteiger partial charge >= 0.3 is 0 Å². The number of hydrogen-bond acceptors (Lipinski definition) is 4. The van der Waals surface area contributed by atoms with Crippen LogP contribution in [0.1, 0.15) is 17.5 Å². The molecule has 1 fully saturated rings. The van der Waals surface area contributed by atoms with Crippen LogP contribution in [0.25, 0.3) is 0 Å². The van der Waals surface area contributed by atoms with E-state index >= 15 is 0 Å². The smallest absolute Gasteiger partial charge is 0.262 e. The number of halogens is 1. The molecule has 7 nitrogen and oxygen atoms in total. The zero-order chi connectivity index (χ0) is 24.8. The van der Waals surface area contributed by atoms with Crippen molar-refractivity contribution >= 4 is 45.0 Å². The maximum absolute atomic E-state index is 12.6. The van der Waals surface area contributed by atoms with Crippen LogP contribution in [0, 0.1) is 12.8 Å². The first-order chi connectivity index (χ1) is 16.9. The van der Waals surface area contributed by atoms with Gasteiger partial charge in [-0.3, -0.25) is 14.4 Å². The van der Waals surface area contributed by atoms with Crippen molar-refractivity contribution in [2.24, 2.45) is 5.92 Å². The van der Waals surface area contributed by atoms with Crippen molar-refractivity contribution < 1.29 is 19.1 Å². The molecule has 3 aromatic carbocycles. The molecule has 1 saturated heterocycles. The van der Waals surface area contributed by atoms with Gasteiger partial charge in [0.05, 0.1) is 5.92 Å². The number of anilines is 2. The first-order valence-corrected chi connectivity index (χ1v) is 12.1. The average Bonchev–Trinajstić information content (AvgIpc) is 3.25. The van der Waals surface area contributed by atoms with Crippen molar-refractivity contribution in [3.8, 4) is 5.75 Å². The Balaban J connectivity index is 1.26. The lowest BCUT2D eigenvalue weighted by atomic mass is 10.1. The summed E-state index contributed by atoms with van der Waals surface area (Å²) in [6, 6.07) is 22.2. The van der Waals surface area contributed by atoms with Gasteiger partial charge in [-0.1, -0.05) is 45.8 Å². The molecule has 0 aliphatic carbocycles. The Kier molecular flexibility index (Phi) is 7.82. The molecule has 3 aromatic rings. The Morgan fingerprint density at radius 1 is 1.00 bits per heavy atom. The third-order valence-corrected chi connectivity index (χ3v) is 6.26. The number of amides is 3. The van der Waals surface area contributed by atoms with Crippen molar-refractivity contribution in [3.05, 3.63) is 88.4 Å². The first-order valence-electron chi connectivity index (χ1n) is 11.3. The molecule has 0 spiro atoms. The highest BCUT2D eigenvalue weighted by Gasteiger charge is 2.35. The third kappa shape index (κ3) is 6.70. The second-order valence-electron chi connectivity index (χ2n) is 8.45. The number of rotatable bonds is 8. The van der Waals surface area contributed by atoms with Crippen LogP contribution in [0.2, 0.25) is 0 Å². The van der Waals surface area contributed by atoms with Gasteiger partial charge < -0.3 is 20.3 Å². The molecule has 8 heteroatoms. The Labute approximate surface area is 212 Å². The molecule has 1 aliphatic rings. The number of aryl methyl sites for hydroxylation is 1. The van der Waals surface area contributed by atoms with Crippen molar-refractivity contribution in [1.82, 2.24) is 5.32 Å². The topological polar surface area (TPSA) is 87.7 Å². The zero-order valence-electron chi connectivity index (χ0n) is 19.3. The van der Waals surface area contributed by atoms with Crippen molar-refractivity contribution in [3.63, 3.8) is 0 Å². The highest BCUT2D eigenvalue weighted by atomic mass is 79.9. The summed E-state index contributed by atoms with van der Waals surface area (Å²) in [6.45, 7) is 2.64. The van der Waals surface area contributed by atoms with Crippen LogP contribution in [-0.2, 0) is 20.9 Å². The van der Waals surface area contributed by atoms with Crippen molar-refractivity contribution in [1.29, 1.82) is 0 Å². The fraction of sp³-hybridized carbons (Fsp3) is 0.222. The maximum atomic E-state index is 12.6. The minimum atomic E-state index is -0.397. The second kappa shape index (κ2) is 11.2. The van der Waals surface area contributed by atoms with E-state index in [1.807, 2.05) is 43.3 Å². The minimum Gasteiger partial charge on any atom is -0.484 e. The quantitative estimate of drug-likeness (QED) is 0.446. The lowest BCUT2D eigenvalue weighted by molar-refractivity contribution is -0.126. The van der Waals surface area contributed by atoms with Crippen LogP contribution >= 0.6 is 15.9 Å². The summed E-state index contributed by atoms with van der Waals surface area (Å²) in [5, 5.41) is 5.70. The van der Waals surface area contributed by atoms with Gasteiger partial charge in [-0.15, -0.1) is 0 Å². The number of ether oxygens (including phenoxy) is 1. The number of nitrogens with one attached hydrogen (secondary N) is 2. The molecule has 2 N–H and O–H groups in total. The molecule has 1 heterocycles. The lowest BCUT2D eigenvalue weighted by Crippen LogP contribution is -2.32. The van der Waals surface area contributed by atoms with E-state index in [0.29, 0.717) is 30.2 Å². The Morgan fingerprint density at radius 2 is 1.69 bits per heavy atom. The van der Waals surface area contributed by atoms with Gasteiger partial charge in [0.2, 0.25) is 11.8 Å². The molecule has 0 bridgehead atoms. The second-order valence-corrected chi connectivity index (χ2v) is 9.36. The van der Waals surface area contributed by atoms with Crippen LogP contribution in [-0.4, -0.2) is 30.9 Å². The van der Waals surface area contributed by atoms with E-state index in [9.17, 15) is 14.4 Å². The lowest BCUT2D eigenvalue weighted by Gasteiger charge is -2.17. The van der Waals surface area contributed by atoms with E-state index in [2.05, 4.69) is 26.6 Å². The third-order valence-electron chi connectivity index (χ3n) is 5.73. The molecular formula is C27H26BrN3O4. The molecular weight excluding hydrogens is 510 g/mol. The fourth-order valence-electron chi connectivity index (χ4n) is 3.77. The molecule has 0 unspecified atom stereocenters. The van der Waals surface area contributed by atoms with Crippen LogP contribution < -0.4 is 20.3 Å². The van der Waals surface area contributed by atoms with Crippen LogP contribution in [0.5, 0.6) is 5.75 Å². The van der Waals surface area contributed by atoms with Crippen molar-refractivity contribution in [2.75, 3.05) is 23.4 Å². The summed E-state index contributed by atoms with van der Waals surface area (Å²) < 4.78 is 6.49. The maximum Gasteiger partial charge on any atom is 0.262 e. The molecule has 0 saturated carbocycles. The summed E-state index contributed by atoms with van der Waals surface area (Å²) in [4.78, 5) is 38.9. The summed E-state index contributed by atoms with van der Waals surface area (Å²) in [7, 11) is 0. The monoisotopic (exact) mass is 535 g/mol. The van der Waals surface area contributed by atoms with Gasteiger partial charge in [0.15, 0.2) is 6.61 Å². The molecule has 1 atom stereocenters. The number of benzene rings is 3. The van der Waals surface area contributed by atoms with Gasteiger partial charge in [0.1, 0.15) is 5.75 Å². The predicted octanol–water partition coefficient (Wildman–Crippen LogP) is 4.44. The highest BCUT2D eigenvalue weighted by Crippen LogP contribution is 2.27. The largest absolute Gasteiger partial charge is 0.484 e. The van der Waals surface area contributed by atoms with Crippen LogP contribution in [0.3, 0.4) is 0 Å². The summed E-state index contributed by atoms with van der Waals surface area (Å²) in [5.74, 6) is -0.378. The van der Waals surface area contributed by atoms with Gasteiger partial charge in [-0.25, -0.2) is 0 Å². The first kappa shape index (κ1) is 24.5. The van der Waals surface area contributed by atoms with Crippen LogP contribution in [0.15, 0.2) is 77.3 Å². The Hall–Kier alpha value is -3.65. The van der Waals surface area contributed by atoms with Gasteiger partial charge in [0.25, 0.3) is 5.91 Å². The molecule has 0 radical (unpaired) electrons. The fourth-order valence-corrected chi connectivity index (χ4v) is 4.04. The van der Waals surface area contributed by atoms with E-state index in [-0.39, 0.29) is 30.7 Å². The predicted molar refractivity (Wildman–Crippen MR) is 138 cm³/mol. The zero-order valence-corrected chi connectivity index (χ0v) is 20.9. The normalized spacial score (nSPS) is 15.1. The van der Waals surface area contributed by atoms with Gasteiger partial charge in [-0.05, 0) is 61.0 Å². The number of carbonyl (C=O) groups is 3. The standard InChI is InChI=1S/C27H26BrN3O4/c1-18-2-4-19(5-3-18)15-29-27(34)20-14-26(33)31(16-20)23-10-12-24(13-11-23)35-17-25(32)30-22-8-6-21(28)7-9-22/h2-13,20H,14-17H2,1H3,(H,29,34)(H,30,32)/t20-/m1/s1. The van der Waals surface area contributed by atoms with E-state index in [0.717, 1.165) is 15.6 Å². The van der Waals surface area contributed by atoms with Gasteiger partial charge in [-0.2, -0.15) is 0 Å². The molecule has 0 aromatic heterocycles.